The van der Waals surface area contributed by atoms with Crippen LogP contribution in [-0.2, 0) is 6.54 Å². The number of nitrogens with zero attached hydrogens (tertiary/aromatic N) is 2. The molecule has 4 rings (SSSR count). The van der Waals surface area contributed by atoms with Crippen LogP contribution in [0, 0.1) is 5.82 Å². The molecular formula is C31H29ClFN3O2. The zero-order valence-electron chi connectivity index (χ0n) is 21.5. The third kappa shape index (κ3) is 6.21. The molecule has 4 aromatic rings. The molecule has 0 aliphatic heterocycles. The molecule has 5 nitrogen and oxygen atoms in total. The van der Waals surface area contributed by atoms with Crippen LogP contribution in [0.5, 0.6) is 0 Å². The third-order valence-corrected chi connectivity index (χ3v) is 6.69. The number of benzene rings is 4. The van der Waals surface area contributed by atoms with Crippen LogP contribution in [0.25, 0.3) is 0 Å². The Morgan fingerprint density at radius 3 is 2.29 bits per heavy atom. The van der Waals surface area contributed by atoms with E-state index in [1.165, 1.54) is 18.2 Å². The van der Waals surface area contributed by atoms with E-state index in [2.05, 4.69) is 5.32 Å². The summed E-state index contributed by atoms with van der Waals surface area (Å²) in [6, 6.07) is 27.5. The Kier molecular flexibility index (Phi) is 8.44. The van der Waals surface area contributed by atoms with Gasteiger partial charge in [-0.05, 0) is 66.6 Å². The number of carbonyl (C=O) groups is 2. The lowest BCUT2D eigenvalue weighted by Crippen LogP contribution is -2.34. The molecule has 0 aliphatic carbocycles. The van der Waals surface area contributed by atoms with Crippen LogP contribution in [0.4, 0.5) is 15.8 Å². The topological polar surface area (TPSA) is 52.7 Å². The maximum Gasteiger partial charge on any atom is 0.257 e. The summed E-state index contributed by atoms with van der Waals surface area (Å²) in [5.74, 6) is -1.10. The molecule has 0 spiro atoms. The Balaban J connectivity index is 1.71. The summed E-state index contributed by atoms with van der Waals surface area (Å²) >= 11 is 6.21. The maximum atomic E-state index is 14.0. The SMILES string of the molecule is CC(c1ccccc1)N(Cc1cc(NC(=O)c2ccccc2Cl)ccc1N(C)C)C(=O)c1cccc(F)c1. The zero-order valence-corrected chi connectivity index (χ0v) is 22.2. The molecule has 2 amide bonds. The standard InChI is InChI=1S/C31H29ClFN3O2/c1-21(22-10-5-4-6-11-22)36(31(38)23-12-9-13-25(33)18-23)20-24-19-26(16-17-29(24)35(2)3)34-30(37)27-14-7-8-15-28(27)32/h4-19,21H,20H2,1-3H3,(H,34,37). The van der Waals surface area contributed by atoms with Gasteiger partial charge in [-0.1, -0.05) is 60.1 Å². The lowest BCUT2D eigenvalue weighted by atomic mass is 10.0. The van der Waals surface area contributed by atoms with E-state index in [0.29, 0.717) is 16.3 Å². The number of amides is 2. The van der Waals surface area contributed by atoms with Crippen molar-refractivity contribution in [2.75, 3.05) is 24.3 Å². The number of carbonyl (C=O) groups excluding carboxylic acids is 2. The van der Waals surface area contributed by atoms with Gasteiger partial charge >= 0.3 is 0 Å². The van der Waals surface area contributed by atoms with Crippen LogP contribution >= 0.6 is 11.6 Å². The van der Waals surface area contributed by atoms with Crippen molar-refractivity contribution in [3.8, 4) is 0 Å². The largest absolute Gasteiger partial charge is 0.377 e. The lowest BCUT2D eigenvalue weighted by Gasteiger charge is -2.32. The van der Waals surface area contributed by atoms with Gasteiger partial charge in [-0.3, -0.25) is 9.59 Å². The zero-order chi connectivity index (χ0) is 27.2. The van der Waals surface area contributed by atoms with Crippen LogP contribution in [0.3, 0.4) is 0 Å². The van der Waals surface area contributed by atoms with Crippen molar-refractivity contribution in [1.29, 1.82) is 0 Å². The Hall–Kier alpha value is -4.16. The van der Waals surface area contributed by atoms with Crippen LogP contribution in [0.2, 0.25) is 5.02 Å². The number of nitrogens with one attached hydrogen (secondary N) is 1. The van der Waals surface area contributed by atoms with Gasteiger partial charge in [0.25, 0.3) is 11.8 Å². The monoisotopic (exact) mass is 529 g/mol. The number of halogens is 2. The highest BCUT2D eigenvalue weighted by Crippen LogP contribution is 2.30. The van der Waals surface area contributed by atoms with Crippen LogP contribution in [-0.4, -0.2) is 30.8 Å². The number of rotatable bonds is 8. The Morgan fingerprint density at radius 2 is 1.61 bits per heavy atom. The van der Waals surface area contributed by atoms with Crippen molar-refractivity contribution in [3.63, 3.8) is 0 Å². The predicted octanol–water partition coefficient (Wildman–Crippen LogP) is 7.20. The first-order valence-electron chi connectivity index (χ1n) is 12.2. The summed E-state index contributed by atoms with van der Waals surface area (Å²) in [5, 5.41) is 3.27. The van der Waals surface area contributed by atoms with Gasteiger partial charge in [0.05, 0.1) is 16.6 Å². The van der Waals surface area contributed by atoms with E-state index in [9.17, 15) is 14.0 Å². The quantitative estimate of drug-likeness (QED) is 0.262. The van der Waals surface area contributed by atoms with E-state index in [4.69, 9.17) is 11.6 Å². The van der Waals surface area contributed by atoms with Crippen molar-refractivity contribution < 1.29 is 14.0 Å². The molecule has 0 heterocycles. The van der Waals surface area contributed by atoms with E-state index in [1.807, 2.05) is 74.4 Å². The fraction of sp³-hybridized carbons (Fsp3) is 0.161. The fourth-order valence-electron chi connectivity index (χ4n) is 4.34. The molecule has 0 fully saturated rings. The molecule has 0 radical (unpaired) electrons. The van der Waals surface area contributed by atoms with Crippen molar-refractivity contribution in [2.45, 2.75) is 19.5 Å². The van der Waals surface area contributed by atoms with Crippen LogP contribution in [0.1, 0.15) is 44.8 Å². The van der Waals surface area contributed by atoms with E-state index in [-0.39, 0.29) is 30.0 Å². The Labute approximate surface area is 227 Å². The van der Waals surface area contributed by atoms with Crippen molar-refractivity contribution in [3.05, 3.63) is 130 Å². The Bertz CT molecular complexity index is 1440. The van der Waals surface area contributed by atoms with Gasteiger partial charge in [0.2, 0.25) is 0 Å². The normalized spacial score (nSPS) is 11.5. The Morgan fingerprint density at radius 1 is 0.895 bits per heavy atom. The van der Waals surface area contributed by atoms with Gasteiger partial charge in [0.1, 0.15) is 5.82 Å². The van der Waals surface area contributed by atoms with Gasteiger partial charge < -0.3 is 15.1 Å². The molecule has 1 atom stereocenters. The van der Waals surface area contributed by atoms with Crippen molar-refractivity contribution in [1.82, 2.24) is 4.90 Å². The summed E-state index contributed by atoms with van der Waals surface area (Å²) in [6.07, 6.45) is 0. The van der Waals surface area contributed by atoms with E-state index in [0.717, 1.165) is 16.8 Å². The summed E-state index contributed by atoms with van der Waals surface area (Å²) in [4.78, 5) is 30.3. The second-order valence-corrected chi connectivity index (χ2v) is 9.61. The van der Waals surface area contributed by atoms with Gasteiger partial charge in [0.15, 0.2) is 0 Å². The average Bonchev–Trinajstić information content (AvgIpc) is 2.91. The third-order valence-electron chi connectivity index (χ3n) is 6.36. The highest BCUT2D eigenvalue weighted by Gasteiger charge is 2.25. The molecule has 0 bridgehead atoms. The van der Waals surface area contributed by atoms with Crippen LogP contribution < -0.4 is 10.2 Å². The molecule has 194 valence electrons. The molecule has 0 aliphatic rings. The molecule has 1 N–H and O–H groups in total. The molecule has 0 saturated heterocycles. The number of anilines is 2. The minimum Gasteiger partial charge on any atom is -0.377 e. The molecular weight excluding hydrogens is 501 g/mol. The smallest absolute Gasteiger partial charge is 0.257 e. The average molecular weight is 530 g/mol. The molecule has 0 saturated carbocycles. The number of hydrogen-bond acceptors (Lipinski definition) is 3. The summed E-state index contributed by atoms with van der Waals surface area (Å²) < 4.78 is 14.0. The first kappa shape index (κ1) is 26.9. The highest BCUT2D eigenvalue weighted by atomic mass is 35.5. The van der Waals surface area contributed by atoms with Crippen LogP contribution in [0.15, 0.2) is 97.1 Å². The molecule has 38 heavy (non-hydrogen) atoms. The van der Waals surface area contributed by atoms with E-state index >= 15 is 0 Å². The van der Waals surface area contributed by atoms with Crippen molar-refractivity contribution >= 4 is 34.8 Å². The minimum absolute atomic E-state index is 0.231. The molecule has 1 unspecified atom stereocenters. The molecule has 4 aromatic carbocycles. The highest BCUT2D eigenvalue weighted by molar-refractivity contribution is 6.34. The molecule has 7 heteroatoms. The summed E-state index contributed by atoms with van der Waals surface area (Å²) in [5.41, 5.74) is 3.86. The van der Waals surface area contributed by atoms with Gasteiger partial charge in [-0.2, -0.15) is 0 Å². The fourth-order valence-corrected chi connectivity index (χ4v) is 4.56. The molecule has 0 aromatic heterocycles. The van der Waals surface area contributed by atoms with E-state index in [1.54, 1.807) is 35.2 Å². The van der Waals surface area contributed by atoms with Gasteiger partial charge in [-0.15, -0.1) is 0 Å². The first-order valence-corrected chi connectivity index (χ1v) is 12.6. The maximum absolute atomic E-state index is 14.0. The first-order chi connectivity index (χ1) is 18.2. The second kappa shape index (κ2) is 11.9. The second-order valence-electron chi connectivity index (χ2n) is 9.20. The minimum atomic E-state index is -0.471. The summed E-state index contributed by atoms with van der Waals surface area (Å²) in [7, 11) is 3.83. The van der Waals surface area contributed by atoms with Crippen molar-refractivity contribution in [2.24, 2.45) is 0 Å². The van der Waals surface area contributed by atoms with E-state index < -0.39 is 5.82 Å². The lowest BCUT2D eigenvalue weighted by molar-refractivity contribution is 0.0673. The summed E-state index contributed by atoms with van der Waals surface area (Å²) in [6.45, 7) is 2.18. The number of hydrogen-bond donors (Lipinski definition) is 1. The van der Waals surface area contributed by atoms with Gasteiger partial charge in [-0.25, -0.2) is 4.39 Å². The predicted molar refractivity (Wildman–Crippen MR) is 151 cm³/mol. The van der Waals surface area contributed by atoms with Gasteiger partial charge in [0, 0.05) is 37.6 Å².